The van der Waals surface area contributed by atoms with Crippen LogP contribution in [0, 0.1) is 6.92 Å². The number of hydrogen-bond acceptors (Lipinski definition) is 7. The number of carbonyl (C=O) groups excluding carboxylic acids is 1. The molecule has 0 aliphatic rings. The first-order valence-corrected chi connectivity index (χ1v) is 9.05. The highest BCUT2D eigenvalue weighted by Gasteiger charge is 2.12. The third-order valence-electron chi connectivity index (χ3n) is 4.33. The molecule has 7 nitrogen and oxygen atoms in total. The van der Waals surface area contributed by atoms with Crippen LogP contribution in [-0.4, -0.2) is 28.0 Å². The second-order valence-electron chi connectivity index (χ2n) is 6.39. The van der Waals surface area contributed by atoms with E-state index in [0.29, 0.717) is 23.0 Å². The summed E-state index contributed by atoms with van der Waals surface area (Å²) in [4.78, 5) is 25.5. The number of nitrogens with one attached hydrogen (secondary N) is 2. The average Bonchev–Trinajstić information content (AvgIpc) is 2.73. The highest BCUT2D eigenvalue weighted by molar-refractivity contribution is 5.96. The van der Waals surface area contributed by atoms with Crippen LogP contribution >= 0.6 is 0 Å². The molecule has 144 valence electrons. The Morgan fingerprint density at radius 1 is 0.931 bits per heavy atom. The van der Waals surface area contributed by atoms with Gasteiger partial charge in [-0.2, -0.15) is 4.98 Å². The van der Waals surface area contributed by atoms with Gasteiger partial charge >= 0.3 is 5.97 Å². The Labute approximate surface area is 167 Å². The molecule has 4 rings (SSSR count). The number of fused-ring (bicyclic) bond motifs is 1. The Bertz CT molecular complexity index is 1190. The molecule has 0 aliphatic carbocycles. The van der Waals surface area contributed by atoms with E-state index in [1.54, 1.807) is 30.5 Å². The largest absolute Gasteiger partial charge is 0.465 e. The lowest BCUT2D eigenvalue weighted by molar-refractivity contribution is 0.0602. The van der Waals surface area contributed by atoms with E-state index < -0.39 is 5.97 Å². The fourth-order valence-corrected chi connectivity index (χ4v) is 3.03. The van der Waals surface area contributed by atoms with Gasteiger partial charge in [-0.05, 0) is 31.2 Å². The van der Waals surface area contributed by atoms with Crippen molar-refractivity contribution in [1.29, 1.82) is 0 Å². The minimum atomic E-state index is -0.418. The molecule has 2 aromatic carbocycles. The minimum absolute atomic E-state index is 0.418. The van der Waals surface area contributed by atoms with Crippen LogP contribution in [0.4, 0.5) is 23.1 Å². The number of rotatable bonds is 5. The van der Waals surface area contributed by atoms with Crippen LogP contribution in [0.15, 0.2) is 66.9 Å². The molecule has 7 heteroatoms. The van der Waals surface area contributed by atoms with Crippen LogP contribution in [0.25, 0.3) is 10.9 Å². The number of pyridine rings is 1. The summed E-state index contributed by atoms with van der Waals surface area (Å²) < 4.78 is 4.85. The summed E-state index contributed by atoms with van der Waals surface area (Å²) in [6.07, 6.45) is 1.75. The summed E-state index contributed by atoms with van der Waals surface area (Å²) in [5.41, 5.74) is 3.46. The molecule has 0 aliphatic heterocycles. The van der Waals surface area contributed by atoms with Gasteiger partial charge in [0.1, 0.15) is 5.82 Å². The predicted octanol–water partition coefficient (Wildman–Crippen LogP) is 4.61. The highest BCUT2D eigenvalue weighted by Crippen LogP contribution is 2.25. The molecule has 0 atom stereocenters. The lowest BCUT2D eigenvalue weighted by atomic mass is 10.2. The van der Waals surface area contributed by atoms with Crippen molar-refractivity contribution in [1.82, 2.24) is 15.0 Å². The first kappa shape index (κ1) is 18.4. The fourth-order valence-electron chi connectivity index (χ4n) is 3.03. The number of methoxy groups -OCH3 is 1. The summed E-state index contributed by atoms with van der Waals surface area (Å²) >= 11 is 0. The molecule has 0 bridgehead atoms. The minimum Gasteiger partial charge on any atom is -0.465 e. The van der Waals surface area contributed by atoms with Gasteiger partial charge in [-0.1, -0.05) is 30.3 Å². The maximum atomic E-state index is 12.0. The van der Waals surface area contributed by atoms with Crippen LogP contribution in [-0.2, 0) is 4.74 Å². The normalized spacial score (nSPS) is 10.6. The van der Waals surface area contributed by atoms with Crippen LogP contribution in [0.2, 0.25) is 0 Å². The van der Waals surface area contributed by atoms with Crippen molar-refractivity contribution < 1.29 is 9.53 Å². The van der Waals surface area contributed by atoms with Gasteiger partial charge in [0.05, 0.1) is 29.6 Å². The molecule has 2 aromatic heterocycles. The molecule has 0 fully saturated rings. The predicted molar refractivity (Wildman–Crippen MR) is 113 cm³/mol. The fraction of sp³-hybridized carbons (Fsp3) is 0.0909. The summed E-state index contributed by atoms with van der Waals surface area (Å²) in [5, 5.41) is 7.45. The molecule has 0 amide bonds. The first-order valence-electron chi connectivity index (χ1n) is 9.05. The second kappa shape index (κ2) is 7.93. The topological polar surface area (TPSA) is 89.0 Å². The molecule has 0 saturated carbocycles. The Morgan fingerprint density at radius 2 is 1.72 bits per heavy atom. The zero-order valence-corrected chi connectivity index (χ0v) is 16.0. The van der Waals surface area contributed by atoms with Crippen molar-refractivity contribution in [3.8, 4) is 0 Å². The van der Waals surface area contributed by atoms with E-state index in [1.165, 1.54) is 7.11 Å². The van der Waals surface area contributed by atoms with Gasteiger partial charge in [0.25, 0.3) is 0 Å². The smallest absolute Gasteiger partial charge is 0.339 e. The number of aromatic nitrogens is 3. The number of hydrogen-bond donors (Lipinski definition) is 2. The van der Waals surface area contributed by atoms with E-state index in [1.807, 2.05) is 43.3 Å². The van der Waals surface area contributed by atoms with Gasteiger partial charge in [-0.25, -0.2) is 9.78 Å². The molecule has 4 aromatic rings. The number of anilines is 4. The highest BCUT2D eigenvalue weighted by atomic mass is 16.5. The second-order valence-corrected chi connectivity index (χ2v) is 6.39. The Kier molecular flexibility index (Phi) is 5.03. The molecule has 0 radical (unpaired) electrons. The van der Waals surface area contributed by atoms with E-state index in [9.17, 15) is 4.79 Å². The molecule has 2 N–H and O–H groups in total. The summed E-state index contributed by atoms with van der Waals surface area (Å²) in [6, 6.07) is 18.7. The molecule has 0 spiro atoms. The van der Waals surface area contributed by atoms with Crippen molar-refractivity contribution in [2.24, 2.45) is 0 Å². The summed E-state index contributed by atoms with van der Waals surface area (Å²) in [7, 11) is 1.36. The standard InChI is InChI=1S/C22H19N5O2/c1-14-13-19(25-17-10-4-3-9-16(17)21(28)29-2)27-22(24-14)26-18-11-5-7-15-8-6-12-23-20(15)18/h3-13H,1-2H3,(H2,24,25,26,27). The maximum absolute atomic E-state index is 12.0. The number of benzene rings is 2. The lowest BCUT2D eigenvalue weighted by Gasteiger charge is -2.13. The number of carbonyl (C=O) groups is 1. The van der Waals surface area contributed by atoms with E-state index >= 15 is 0 Å². The third kappa shape index (κ3) is 3.98. The number of nitrogens with zero attached hydrogens (tertiary/aromatic N) is 3. The number of esters is 1. The van der Waals surface area contributed by atoms with Crippen LogP contribution in [0.5, 0.6) is 0 Å². The Hall–Kier alpha value is -4.00. The van der Waals surface area contributed by atoms with Gasteiger partial charge in [-0.3, -0.25) is 4.98 Å². The van der Waals surface area contributed by atoms with E-state index in [0.717, 1.165) is 22.3 Å². The number of para-hydroxylation sites is 2. The van der Waals surface area contributed by atoms with E-state index in [-0.39, 0.29) is 0 Å². The lowest BCUT2D eigenvalue weighted by Crippen LogP contribution is -2.07. The molecular formula is C22H19N5O2. The molecule has 2 heterocycles. The Balaban J connectivity index is 1.66. The van der Waals surface area contributed by atoms with Crippen molar-refractivity contribution in [2.45, 2.75) is 6.92 Å². The van der Waals surface area contributed by atoms with Gasteiger partial charge in [0, 0.05) is 23.3 Å². The zero-order chi connectivity index (χ0) is 20.2. The third-order valence-corrected chi connectivity index (χ3v) is 4.33. The number of aryl methyl sites for hydroxylation is 1. The zero-order valence-electron chi connectivity index (χ0n) is 16.0. The van der Waals surface area contributed by atoms with Gasteiger partial charge < -0.3 is 15.4 Å². The quantitative estimate of drug-likeness (QED) is 0.485. The van der Waals surface area contributed by atoms with Gasteiger partial charge in [0.2, 0.25) is 5.95 Å². The van der Waals surface area contributed by atoms with Gasteiger partial charge in [-0.15, -0.1) is 0 Å². The maximum Gasteiger partial charge on any atom is 0.339 e. The van der Waals surface area contributed by atoms with Crippen molar-refractivity contribution in [3.05, 3.63) is 78.1 Å². The summed E-state index contributed by atoms with van der Waals surface area (Å²) in [6.45, 7) is 1.88. The van der Waals surface area contributed by atoms with E-state index in [2.05, 4.69) is 25.6 Å². The van der Waals surface area contributed by atoms with Crippen LogP contribution in [0.1, 0.15) is 16.1 Å². The molecule has 29 heavy (non-hydrogen) atoms. The SMILES string of the molecule is COC(=O)c1ccccc1Nc1cc(C)nc(Nc2cccc3cccnc23)n1. The summed E-state index contributed by atoms with van der Waals surface area (Å²) in [5.74, 6) is 0.574. The monoisotopic (exact) mass is 385 g/mol. The van der Waals surface area contributed by atoms with Crippen molar-refractivity contribution in [3.63, 3.8) is 0 Å². The average molecular weight is 385 g/mol. The first-order chi connectivity index (χ1) is 14.1. The molecule has 0 saturated heterocycles. The van der Waals surface area contributed by atoms with E-state index in [4.69, 9.17) is 4.74 Å². The van der Waals surface area contributed by atoms with Gasteiger partial charge in [0.15, 0.2) is 0 Å². The van der Waals surface area contributed by atoms with Crippen LogP contribution in [0.3, 0.4) is 0 Å². The Morgan fingerprint density at radius 3 is 2.59 bits per heavy atom. The molecular weight excluding hydrogens is 366 g/mol. The number of ether oxygens (including phenoxy) is 1. The molecule has 0 unspecified atom stereocenters. The van der Waals surface area contributed by atoms with Crippen LogP contribution < -0.4 is 10.6 Å². The van der Waals surface area contributed by atoms with Crippen molar-refractivity contribution >= 4 is 40.0 Å². The van der Waals surface area contributed by atoms with Crippen molar-refractivity contribution in [2.75, 3.05) is 17.7 Å².